The highest BCUT2D eigenvalue weighted by Gasteiger charge is 2.07. The summed E-state index contributed by atoms with van der Waals surface area (Å²) >= 11 is 6.14. The largest absolute Gasteiger partial charge is 0.308 e. The summed E-state index contributed by atoms with van der Waals surface area (Å²) in [6.45, 7) is 4.08. The smallest absolute Gasteiger partial charge is 0.161 e. The van der Waals surface area contributed by atoms with E-state index in [1.54, 1.807) is 0 Å². The number of nitrogens with two attached hydrogens (primary N) is 1. The first-order chi connectivity index (χ1) is 9.13. The lowest BCUT2D eigenvalue weighted by Crippen LogP contribution is -2.10. The standard InChI is InChI=1S/C14H17ClN4/c1-3-4-11-8-13(19-16)18-14(17-11)10-6-5-9(2)12(15)7-10/h5-8H,3-4,16H2,1-2H3,(H,17,18,19). The van der Waals surface area contributed by atoms with Crippen LogP contribution in [0.2, 0.25) is 5.02 Å². The third-order valence-electron chi connectivity index (χ3n) is 2.86. The van der Waals surface area contributed by atoms with Gasteiger partial charge in [0.2, 0.25) is 0 Å². The second-order valence-electron chi connectivity index (χ2n) is 4.43. The molecule has 3 N–H and O–H groups in total. The van der Waals surface area contributed by atoms with E-state index in [9.17, 15) is 0 Å². The summed E-state index contributed by atoms with van der Waals surface area (Å²) in [4.78, 5) is 8.92. The van der Waals surface area contributed by atoms with Crippen LogP contribution in [0.1, 0.15) is 24.6 Å². The average molecular weight is 277 g/mol. The Labute approximate surface area is 118 Å². The van der Waals surface area contributed by atoms with Gasteiger partial charge in [-0.3, -0.25) is 0 Å². The zero-order valence-electron chi connectivity index (χ0n) is 11.1. The van der Waals surface area contributed by atoms with Crippen LogP contribution >= 0.6 is 11.6 Å². The lowest BCUT2D eigenvalue weighted by Gasteiger charge is -2.08. The summed E-state index contributed by atoms with van der Waals surface area (Å²) in [5.41, 5.74) is 5.48. The lowest BCUT2D eigenvalue weighted by atomic mass is 10.1. The van der Waals surface area contributed by atoms with Crippen molar-refractivity contribution in [2.24, 2.45) is 5.84 Å². The summed E-state index contributed by atoms with van der Waals surface area (Å²) in [7, 11) is 0. The maximum absolute atomic E-state index is 6.14. The maximum Gasteiger partial charge on any atom is 0.161 e. The van der Waals surface area contributed by atoms with E-state index in [1.807, 2.05) is 31.2 Å². The molecule has 0 aliphatic carbocycles. The number of halogens is 1. The fourth-order valence-corrected chi connectivity index (χ4v) is 2.00. The highest BCUT2D eigenvalue weighted by Crippen LogP contribution is 2.24. The Hall–Kier alpha value is -1.65. The molecule has 1 aromatic heterocycles. The van der Waals surface area contributed by atoms with Gasteiger partial charge in [0, 0.05) is 22.3 Å². The van der Waals surface area contributed by atoms with Crippen LogP contribution in [0.25, 0.3) is 11.4 Å². The normalized spacial score (nSPS) is 10.5. The fraction of sp³-hybridized carbons (Fsp3) is 0.286. The van der Waals surface area contributed by atoms with Crippen LogP contribution in [-0.2, 0) is 6.42 Å². The van der Waals surface area contributed by atoms with Crippen molar-refractivity contribution in [3.63, 3.8) is 0 Å². The first kappa shape index (κ1) is 13.8. The molecule has 0 aliphatic heterocycles. The van der Waals surface area contributed by atoms with Crippen molar-refractivity contribution in [2.75, 3.05) is 5.43 Å². The Morgan fingerprint density at radius 1 is 1.26 bits per heavy atom. The van der Waals surface area contributed by atoms with Gasteiger partial charge < -0.3 is 5.43 Å². The number of nitrogen functional groups attached to an aromatic ring is 1. The monoisotopic (exact) mass is 276 g/mol. The zero-order valence-corrected chi connectivity index (χ0v) is 11.8. The molecule has 0 amide bonds. The number of nitrogens with zero attached hydrogens (tertiary/aromatic N) is 2. The van der Waals surface area contributed by atoms with Crippen molar-refractivity contribution >= 4 is 17.4 Å². The molecule has 2 aromatic rings. The lowest BCUT2D eigenvalue weighted by molar-refractivity contribution is 0.875. The predicted molar refractivity (Wildman–Crippen MR) is 79.0 cm³/mol. The van der Waals surface area contributed by atoms with E-state index >= 15 is 0 Å². The number of hydrazine groups is 1. The number of benzene rings is 1. The van der Waals surface area contributed by atoms with Crippen LogP contribution in [0.3, 0.4) is 0 Å². The van der Waals surface area contributed by atoms with Crippen LogP contribution in [0.15, 0.2) is 24.3 Å². The third kappa shape index (κ3) is 3.22. The minimum atomic E-state index is 0.616. The average Bonchev–Trinajstić information content (AvgIpc) is 2.42. The van der Waals surface area contributed by atoms with Gasteiger partial charge in [-0.1, -0.05) is 37.1 Å². The number of anilines is 1. The van der Waals surface area contributed by atoms with Crippen molar-refractivity contribution in [1.82, 2.24) is 9.97 Å². The predicted octanol–water partition coefficient (Wildman–Crippen LogP) is 3.34. The van der Waals surface area contributed by atoms with Gasteiger partial charge >= 0.3 is 0 Å². The van der Waals surface area contributed by atoms with E-state index in [1.165, 1.54) is 0 Å². The number of hydrogen-bond donors (Lipinski definition) is 2. The molecule has 0 atom stereocenters. The molecule has 0 spiro atoms. The second kappa shape index (κ2) is 5.99. The maximum atomic E-state index is 6.14. The van der Waals surface area contributed by atoms with E-state index in [2.05, 4.69) is 22.3 Å². The molecular weight excluding hydrogens is 260 g/mol. The number of aryl methyl sites for hydroxylation is 2. The summed E-state index contributed by atoms with van der Waals surface area (Å²) < 4.78 is 0. The van der Waals surface area contributed by atoms with Crippen molar-refractivity contribution in [3.05, 3.63) is 40.5 Å². The molecule has 0 aliphatic rings. The van der Waals surface area contributed by atoms with Gasteiger partial charge in [-0.05, 0) is 25.0 Å². The Bertz CT molecular complexity index is 584. The number of nitrogens with one attached hydrogen (secondary N) is 1. The molecule has 2 rings (SSSR count). The minimum Gasteiger partial charge on any atom is -0.308 e. The topological polar surface area (TPSA) is 63.8 Å². The molecule has 0 saturated heterocycles. The minimum absolute atomic E-state index is 0.616. The molecule has 1 heterocycles. The highest BCUT2D eigenvalue weighted by molar-refractivity contribution is 6.31. The molecule has 19 heavy (non-hydrogen) atoms. The van der Waals surface area contributed by atoms with Crippen molar-refractivity contribution in [3.8, 4) is 11.4 Å². The van der Waals surface area contributed by atoms with E-state index in [-0.39, 0.29) is 0 Å². The SMILES string of the molecule is CCCc1cc(NN)nc(-c2ccc(C)c(Cl)c2)n1. The molecule has 4 nitrogen and oxygen atoms in total. The fourth-order valence-electron chi connectivity index (χ4n) is 1.82. The van der Waals surface area contributed by atoms with Crippen LogP contribution in [0.4, 0.5) is 5.82 Å². The number of rotatable bonds is 4. The van der Waals surface area contributed by atoms with Gasteiger partial charge in [-0.2, -0.15) is 0 Å². The summed E-state index contributed by atoms with van der Waals surface area (Å²) in [6.07, 6.45) is 1.92. The van der Waals surface area contributed by atoms with Gasteiger partial charge in [-0.15, -0.1) is 0 Å². The first-order valence-corrected chi connectivity index (χ1v) is 6.63. The van der Waals surface area contributed by atoms with Crippen LogP contribution < -0.4 is 11.3 Å². The molecule has 0 radical (unpaired) electrons. The summed E-state index contributed by atoms with van der Waals surface area (Å²) in [5, 5.41) is 0.712. The van der Waals surface area contributed by atoms with Crippen LogP contribution in [0, 0.1) is 6.92 Å². The van der Waals surface area contributed by atoms with Crippen molar-refractivity contribution in [2.45, 2.75) is 26.7 Å². The molecule has 0 unspecified atom stereocenters. The third-order valence-corrected chi connectivity index (χ3v) is 3.27. The van der Waals surface area contributed by atoms with E-state index in [4.69, 9.17) is 17.4 Å². The molecule has 1 aromatic carbocycles. The zero-order chi connectivity index (χ0) is 13.8. The highest BCUT2D eigenvalue weighted by atomic mass is 35.5. The van der Waals surface area contributed by atoms with Gasteiger partial charge in [-0.25, -0.2) is 15.8 Å². The number of hydrogen-bond acceptors (Lipinski definition) is 4. The van der Waals surface area contributed by atoms with Gasteiger partial charge in [0.15, 0.2) is 5.82 Å². The van der Waals surface area contributed by atoms with E-state index in [0.717, 1.165) is 29.7 Å². The van der Waals surface area contributed by atoms with Crippen LogP contribution in [-0.4, -0.2) is 9.97 Å². The Balaban J connectivity index is 2.47. The second-order valence-corrected chi connectivity index (χ2v) is 4.83. The number of aromatic nitrogens is 2. The van der Waals surface area contributed by atoms with Gasteiger partial charge in [0.25, 0.3) is 0 Å². The Morgan fingerprint density at radius 2 is 2.05 bits per heavy atom. The van der Waals surface area contributed by atoms with Crippen LogP contribution in [0.5, 0.6) is 0 Å². The molecule has 0 fully saturated rings. The van der Waals surface area contributed by atoms with E-state index in [0.29, 0.717) is 16.7 Å². The molecule has 0 bridgehead atoms. The summed E-state index contributed by atoms with van der Waals surface area (Å²) in [5.74, 6) is 6.71. The molecule has 5 heteroatoms. The first-order valence-electron chi connectivity index (χ1n) is 6.25. The molecule has 100 valence electrons. The molecular formula is C14H17ClN4. The van der Waals surface area contributed by atoms with E-state index < -0.39 is 0 Å². The van der Waals surface area contributed by atoms with Gasteiger partial charge in [0.1, 0.15) is 5.82 Å². The Morgan fingerprint density at radius 3 is 2.68 bits per heavy atom. The summed E-state index contributed by atoms with van der Waals surface area (Å²) in [6, 6.07) is 7.67. The van der Waals surface area contributed by atoms with Crippen molar-refractivity contribution < 1.29 is 0 Å². The van der Waals surface area contributed by atoms with Gasteiger partial charge in [0.05, 0.1) is 0 Å². The van der Waals surface area contributed by atoms with Crippen molar-refractivity contribution in [1.29, 1.82) is 0 Å². The Kier molecular flexibility index (Phi) is 4.35. The molecule has 0 saturated carbocycles. The quantitative estimate of drug-likeness (QED) is 0.664.